The zero-order chi connectivity index (χ0) is 31.2. The molecule has 1 atom stereocenters. The molecule has 0 unspecified atom stereocenters. The van der Waals surface area contributed by atoms with Crippen LogP contribution in [0, 0.1) is 11.8 Å². The zero-order valence-electron chi connectivity index (χ0n) is 25.7. The first-order chi connectivity index (χ1) is 22.0. The Morgan fingerprint density at radius 3 is 2.26 bits per heavy atom. The average Bonchev–Trinajstić information content (AvgIpc) is 3.64. The maximum absolute atomic E-state index is 14.2. The van der Waals surface area contributed by atoms with E-state index in [9.17, 15) is 9.59 Å². The quantitative estimate of drug-likeness (QED) is 0.202. The first-order valence-electron chi connectivity index (χ1n) is 15.7. The van der Waals surface area contributed by atoms with Crippen LogP contribution in [0.5, 0.6) is 0 Å². The van der Waals surface area contributed by atoms with Crippen molar-refractivity contribution in [2.75, 3.05) is 42.5 Å². The van der Waals surface area contributed by atoms with E-state index in [4.69, 9.17) is 11.5 Å². The lowest BCUT2D eigenvalue weighted by molar-refractivity contribution is -0.127. The van der Waals surface area contributed by atoms with Gasteiger partial charge in [-0.25, -0.2) is 4.98 Å². The second-order valence-corrected chi connectivity index (χ2v) is 11.9. The molecule has 1 aliphatic heterocycles. The summed E-state index contributed by atoms with van der Waals surface area (Å²) in [5.74, 6) is 0.990. The molecular weight excluding hydrogens is 604 g/mol. The maximum atomic E-state index is 14.2. The highest BCUT2D eigenvalue weighted by atomic mass is 35.5. The molecule has 1 aliphatic carbocycles. The summed E-state index contributed by atoms with van der Waals surface area (Å²) in [4.78, 5) is 35.8. The number of hydrogen-bond acceptors (Lipinski definition) is 9. The summed E-state index contributed by atoms with van der Waals surface area (Å²) in [5, 5.41) is 17.5. The summed E-state index contributed by atoms with van der Waals surface area (Å²) in [6.45, 7) is 4.36. The van der Waals surface area contributed by atoms with E-state index in [1.165, 1.54) is 0 Å². The molecule has 12 nitrogen and oxygen atoms in total. The predicted octanol–water partition coefficient (Wildman–Crippen LogP) is 2.95. The predicted molar refractivity (Wildman–Crippen MR) is 180 cm³/mol. The molecule has 0 spiro atoms. The number of hydrogen-bond donors (Lipinski definition) is 4. The lowest BCUT2D eigenvalue weighted by Crippen LogP contribution is -2.52. The Morgan fingerprint density at radius 1 is 0.935 bits per heavy atom. The second-order valence-electron chi connectivity index (χ2n) is 11.9. The van der Waals surface area contributed by atoms with Gasteiger partial charge in [0.25, 0.3) is 0 Å². The van der Waals surface area contributed by atoms with Crippen molar-refractivity contribution >= 4 is 35.7 Å². The van der Waals surface area contributed by atoms with Crippen LogP contribution in [-0.2, 0) is 16.0 Å². The van der Waals surface area contributed by atoms with Gasteiger partial charge in [-0.2, -0.15) is 5.21 Å². The van der Waals surface area contributed by atoms with Gasteiger partial charge in [0.05, 0.1) is 0 Å². The topological polar surface area (TPSA) is 172 Å². The largest absolute Gasteiger partial charge is 0.368 e. The number of aromatic nitrogens is 5. The number of carbonyl (C=O) groups is 2. The molecule has 13 heteroatoms. The monoisotopic (exact) mass is 644 g/mol. The number of tetrazole rings is 1. The minimum atomic E-state index is -0.869. The van der Waals surface area contributed by atoms with Crippen LogP contribution in [0.15, 0.2) is 66.9 Å². The van der Waals surface area contributed by atoms with Gasteiger partial charge in [0.2, 0.25) is 17.6 Å². The molecule has 1 saturated heterocycles. The Kier molecular flexibility index (Phi) is 10.9. The van der Waals surface area contributed by atoms with Gasteiger partial charge in [0.15, 0.2) is 0 Å². The van der Waals surface area contributed by atoms with Gasteiger partial charge in [-0.05, 0) is 96.4 Å². The Bertz CT molecular complexity index is 1570. The van der Waals surface area contributed by atoms with Crippen molar-refractivity contribution in [2.45, 2.75) is 38.1 Å². The number of nitrogens with two attached hydrogens (primary N) is 2. The van der Waals surface area contributed by atoms with E-state index in [-0.39, 0.29) is 30.7 Å². The number of nitrogens with one attached hydrogen (secondary N) is 2. The molecule has 0 bridgehead atoms. The highest BCUT2D eigenvalue weighted by molar-refractivity contribution is 6.01. The Balaban J connectivity index is 0.00000417. The van der Waals surface area contributed by atoms with Gasteiger partial charge in [-0.1, -0.05) is 24.3 Å². The average molecular weight is 645 g/mol. The summed E-state index contributed by atoms with van der Waals surface area (Å²) in [6, 6.07) is 18.6. The number of rotatable bonds is 10. The van der Waals surface area contributed by atoms with Gasteiger partial charge in [-0.3, -0.25) is 14.5 Å². The Hall–Kier alpha value is -4.39. The van der Waals surface area contributed by atoms with Gasteiger partial charge in [0.1, 0.15) is 11.9 Å². The van der Waals surface area contributed by atoms with Crippen molar-refractivity contribution < 1.29 is 9.59 Å². The van der Waals surface area contributed by atoms with E-state index in [1.54, 1.807) is 4.90 Å². The van der Waals surface area contributed by atoms with E-state index < -0.39 is 11.9 Å². The van der Waals surface area contributed by atoms with E-state index in [2.05, 4.69) is 41.9 Å². The standard InChI is InChI=1S/C33H40N10O2.ClH/c34-21-23-3-7-26(8-4-23)33(45)43(28-11-9-25(10-12-28)32-38-40-41-39-32)29(31(35)44)19-22-1-5-24(6-2-22)27-13-14-37-30(20-27)42-17-15-36-16-18-42;/h1-2,5-6,9-14,20,23,26,29,36H,3-4,7-8,15-19,21,34H2,(H2,35,44)(H,38,39,40,41);1H/t23?,26?,29-;/m0./s1. The number of carbonyl (C=O) groups excluding carboxylic acids is 2. The lowest BCUT2D eigenvalue weighted by atomic mass is 9.81. The van der Waals surface area contributed by atoms with Crippen LogP contribution in [0.1, 0.15) is 31.2 Å². The summed E-state index contributed by atoms with van der Waals surface area (Å²) in [6.07, 6.45) is 5.39. The van der Waals surface area contributed by atoms with Gasteiger partial charge in [0, 0.05) is 56.0 Å². The number of primary amides is 1. The minimum Gasteiger partial charge on any atom is -0.368 e. The van der Waals surface area contributed by atoms with Crippen LogP contribution in [0.3, 0.4) is 0 Å². The third-order valence-corrected chi connectivity index (χ3v) is 9.06. The number of halogens is 1. The number of aromatic amines is 1. The molecular formula is C33H41ClN10O2. The van der Waals surface area contributed by atoms with Crippen molar-refractivity contribution in [1.29, 1.82) is 0 Å². The summed E-state index contributed by atoms with van der Waals surface area (Å²) in [7, 11) is 0. The van der Waals surface area contributed by atoms with Crippen LogP contribution in [-0.4, -0.2) is 76.2 Å². The van der Waals surface area contributed by atoms with Crippen molar-refractivity contribution in [1.82, 2.24) is 30.9 Å². The third kappa shape index (κ3) is 7.52. The van der Waals surface area contributed by atoms with Crippen molar-refractivity contribution in [3.8, 4) is 22.5 Å². The van der Waals surface area contributed by atoms with E-state index >= 15 is 0 Å². The van der Waals surface area contributed by atoms with Crippen molar-refractivity contribution in [2.24, 2.45) is 23.3 Å². The molecule has 3 heterocycles. The number of nitrogens with zero attached hydrogens (tertiary/aromatic N) is 6. The normalized spacial score (nSPS) is 18.8. The third-order valence-electron chi connectivity index (χ3n) is 9.06. The highest BCUT2D eigenvalue weighted by Gasteiger charge is 2.36. The van der Waals surface area contributed by atoms with E-state index in [1.807, 2.05) is 60.8 Å². The summed E-state index contributed by atoms with van der Waals surface area (Å²) >= 11 is 0. The molecule has 2 aromatic heterocycles. The molecule has 2 fully saturated rings. The van der Waals surface area contributed by atoms with Crippen LogP contribution in [0.25, 0.3) is 22.5 Å². The molecule has 4 aromatic rings. The van der Waals surface area contributed by atoms with Gasteiger partial charge in [-0.15, -0.1) is 22.6 Å². The van der Waals surface area contributed by atoms with Crippen LogP contribution in [0.2, 0.25) is 0 Å². The SMILES string of the molecule is Cl.NCC1CCC(C(=O)N(c2ccc(-c3nn[nH]n3)cc2)[C@@H](Cc2ccc(-c3ccnc(N4CCNCC4)c3)cc2)C(N)=O)CC1. The number of H-pyrrole nitrogens is 1. The Morgan fingerprint density at radius 2 is 1.63 bits per heavy atom. The van der Waals surface area contributed by atoms with Crippen LogP contribution in [0.4, 0.5) is 11.5 Å². The number of benzene rings is 2. The van der Waals surface area contributed by atoms with Crippen LogP contribution >= 0.6 is 12.4 Å². The number of anilines is 2. The smallest absolute Gasteiger partial charge is 0.240 e. The lowest BCUT2D eigenvalue weighted by Gasteiger charge is -2.35. The molecule has 242 valence electrons. The number of amides is 2. The first kappa shape index (κ1) is 33.0. The van der Waals surface area contributed by atoms with Crippen LogP contribution < -0.4 is 26.6 Å². The summed E-state index contributed by atoms with van der Waals surface area (Å²) < 4.78 is 0. The number of pyridine rings is 1. The molecule has 1 saturated carbocycles. The van der Waals surface area contributed by atoms with Crippen molar-refractivity contribution in [3.63, 3.8) is 0 Å². The molecule has 6 N–H and O–H groups in total. The fourth-order valence-electron chi connectivity index (χ4n) is 6.40. The molecule has 2 aromatic carbocycles. The molecule has 2 aliphatic rings. The fraction of sp³-hybridized carbons (Fsp3) is 0.394. The summed E-state index contributed by atoms with van der Waals surface area (Å²) in [5.41, 5.74) is 16.3. The van der Waals surface area contributed by atoms with Gasteiger partial charge < -0.3 is 21.7 Å². The van der Waals surface area contributed by atoms with Crippen molar-refractivity contribution in [3.05, 3.63) is 72.4 Å². The minimum absolute atomic E-state index is 0. The fourth-order valence-corrected chi connectivity index (χ4v) is 6.40. The maximum Gasteiger partial charge on any atom is 0.240 e. The van der Waals surface area contributed by atoms with Gasteiger partial charge >= 0.3 is 0 Å². The second kappa shape index (κ2) is 15.3. The van der Waals surface area contributed by atoms with E-state index in [0.29, 0.717) is 24.0 Å². The molecule has 2 amide bonds. The first-order valence-corrected chi connectivity index (χ1v) is 15.7. The Labute approximate surface area is 274 Å². The molecule has 0 radical (unpaired) electrons. The zero-order valence-corrected chi connectivity index (χ0v) is 26.5. The molecule has 6 rings (SSSR count). The highest BCUT2D eigenvalue weighted by Crippen LogP contribution is 2.33. The number of piperazine rings is 1. The molecule has 46 heavy (non-hydrogen) atoms. The van der Waals surface area contributed by atoms with E-state index in [0.717, 1.165) is 79.9 Å².